The molecule has 9 nitrogen and oxygen atoms in total. The lowest BCUT2D eigenvalue weighted by Crippen LogP contribution is -2.42. The maximum atomic E-state index is 13.4. The van der Waals surface area contributed by atoms with Gasteiger partial charge >= 0.3 is 6.09 Å². The van der Waals surface area contributed by atoms with Crippen LogP contribution in [0.15, 0.2) is 71.6 Å². The number of methoxy groups -OCH3 is 1. The Kier molecular flexibility index (Phi) is 6.12. The largest absolute Gasteiger partial charge is 0.508 e. The van der Waals surface area contributed by atoms with Gasteiger partial charge in [0.05, 0.1) is 12.0 Å². The van der Waals surface area contributed by atoms with Crippen molar-refractivity contribution < 1.29 is 32.5 Å². The van der Waals surface area contributed by atoms with Gasteiger partial charge < -0.3 is 25.1 Å². The summed E-state index contributed by atoms with van der Waals surface area (Å²) in [6.45, 7) is 0.0425. The van der Waals surface area contributed by atoms with Gasteiger partial charge in [-0.1, -0.05) is 0 Å². The smallest absolute Gasteiger partial charge is 0.406 e. The molecule has 3 N–H and O–H groups in total. The van der Waals surface area contributed by atoms with Crippen molar-refractivity contribution in [2.75, 3.05) is 13.7 Å². The van der Waals surface area contributed by atoms with E-state index < -0.39 is 22.3 Å². The van der Waals surface area contributed by atoms with Crippen LogP contribution in [0, 0.1) is 0 Å². The van der Waals surface area contributed by atoms with Crippen molar-refractivity contribution in [2.45, 2.75) is 17.5 Å². The maximum absolute atomic E-state index is 13.4. The number of hydrogen-bond donors (Lipinski definition) is 2. The van der Waals surface area contributed by atoms with Crippen molar-refractivity contribution >= 4 is 16.1 Å². The average molecular weight is 471 g/mol. The number of primary amides is 1. The van der Waals surface area contributed by atoms with Crippen LogP contribution in [0.25, 0.3) is 0 Å². The second kappa shape index (κ2) is 9.00. The number of ether oxygens (including phenoxy) is 3. The number of carbonyl (C=O) groups excluding carboxylic acids is 1. The fraction of sp³-hybridized carbons (Fsp3) is 0.174. The Balaban J connectivity index is 1.59. The lowest BCUT2D eigenvalue weighted by atomic mass is 9.99. The summed E-state index contributed by atoms with van der Waals surface area (Å²) in [6, 6.07) is 17.3. The van der Waals surface area contributed by atoms with Crippen LogP contribution in [-0.4, -0.2) is 37.6 Å². The van der Waals surface area contributed by atoms with E-state index >= 15 is 0 Å². The van der Waals surface area contributed by atoms with E-state index in [9.17, 15) is 18.3 Å². The lowest BCUT2D eigenvalue weighted by Gasteiger charge is -2.35. The van der Waals surface area contributed by atoms with E-state index in [1.807, 2.05) is 0 Å². The van der Waals surface area contributed by atoms with Crippen LogP contribution in [-0.2, 0) is 21.2 Å². The standard InChI is InChI=1S/C23H22N2O7S/c1-30-17-3-5-18(6-4-17)31-19-7-9-20(10-8-19)33(28,29)25-13-12-15-14-16(26)2-11-21(15)22(25)32-23(24)27/h2-11,14,22,26H,12-13H2,1H3,(H2,24,27). The predicted molar refractivity (Wildman–Crippen MR) is 119 cm³/mol. The molecule has 0 aliphatic carbocycles. The molecule has 1 unspecified atom stereocenters. The molecule has 1 atom stereocenters. The second-order valence-corrected chi connectivity index (χ2v) is 9.18. The first-order valence-corrected chi connectivity index (χ1v) is 11.4. The summed E-state index contributed by atoms with van der Waals surface area (Å²) >= 11 is 0. The van der Waals surface area contributed by atoms with Crippen LogP contribution in [0.5, 0.6) is 23.0 Å². The van der Waals surface area contributed by atoms with Crippen molar-refractivity contribution in [1.82, 2.24) is 4.31 Å². The molecule has 1 heterocycles. The van der Waals surface area contributed by atoms with Crippen molar-refractivity contribution in [3.63, 3.8) is 0 Å². The lowest BCUT2D eigenvalue weighted by molar-refractivity contribution is 0.0294. The molecule has 0 saturated heterocycles. The average Bonchev–Trinajstić information content (AvgIpc) is 2.79. The molecule has 0 bridgehead atoms. The van der Waals surface area contributed by atoms with E-state index in [-0.39, 0.29) is 17.2 Å². The summed E-state index contributed by atoms with van der Waals surface area (Å²) in [7, 11) is -2.47. The van der Waals surface area contributed by atoms with E-state index in [1.54, 1.807) is 31.4 Å². The number of hydrogen-bond acceptors (Lipinski definition) is 7. The van der Waals surface area contributed by atoms with Gasteiger partial charge in [0.2, 0.25) is 10.0 Å². The van der Waals surface area contributed by atoms with E-state index in [0.717, 1.165) is 4.31 Å². The highest BCUT2D eigenvalue weighted by atomic mass is 32.2. The number of carbonyl (C=O) groups is 1. The summed E-state index contributed by atoms with van der Waals surface area (Å²) in [6.07, 6.45) is -2.02. The minimum atomic E-state index is -4.04. The van der Waals surface area contributed by atoms with Crippen LogP contribution in [0.4, 0.5) is 4.79 Å². The SMILES string of the molecule is COc1ccc(Oc2ccc(S(=O)(=O)N3CCc4cc(O)ccc4C3OC(N)=O)cc2)cc1. The van der Waals surface area contributed by atoms with Gasteiger partial charge in [0.15, 0.2) is 6.23 Å². The highest BCUT2D eigenvalue weighted by molar-refractivity contribution is 7.89. The van der Waals surface area contributed by atoms with Gasteiger partial charge in [0.1, 0.15) is 23.0 Å². The van der Waals surface area contributed by atoms with Gasteiger partial charge in [0, 0.05) is 12.1 Å². The first-order chi connectivity index (χ1) is 15.8. The predicted octanol–water partition coefficient (Wildman–Crippen LogP) is 3.53. The quantitative estimate of drug-likeness (QED) is 0.564. The van der Waals surface area contributed by atoms with Crippen molar-refractivity contribution in [3.8, 4) is 23.0 Å². The first-order valence-electron chi connectivity index (χ1n) is 9.99. The van der Waals surface area contributed by atoms with Crippen molar-refractivity contribution in [1.29, 1.82) is 0 Å². The topological polar surface area (TPSA) is 128 Å². The number of aromatic hydroxyl groups is 1. The molecule has 0 aromatic heterocycles. The molecule has 1 aliphatic rings. The Hall–Kier alpha value is -3.76. The van der Waals surface area contributed by atoms with Crippen LogP contribution < -0.4 is 15.2 Å². The molecule has 172 valence electrons. The molecule has 0 radical (unpaired) electrons. The maximum Gasteiger partial charge on any atom is 0.406 e. The summed E-state index contributed by atoms with van der Waals surface area (Å²) in [5, 5.41) is 9.74. The molecule has 33 heavy (non-hydrogen) atoms. The van der Waals surface area contributed by atoms with Gasteiger partial charge in [-0.3, -0.25) is 0 Å². The zero-order valence-electron chi connectivity index (χ0n) is 17.7. The fourth-order valence-corrected chi connectivity index (χ4v) is 5.12. The summed E-state index contributed by atoms with van der Waals surface area (Å²) in [5.74, 6) is 1.74. The number of amides is 1. The third-order valence-corrected chi connectivity index (χ3v) is 7.07. The highest BCUT2D eigenvalue weighted by Gasteiger charge is 2.38. The highest BCUT2D eigenvalue weighted by Crippen LogP contribution is 2.37. The number of fused-ring (bicyclic) bond motifs is 1. The Morgan fingerprint density at radius 2 is 1.61 bits per heavy atom. The Morgan fingerprint density at radius 1 is 1.00 bits per heavy atom. The second-order valence-electron chi connectivity index (χ2n) is 7.29. The minimum Gasteiger partial charge on any atom is -0.508 e. The Labute approximate surface area is 191 Å². The summed E-state index contributed by atoms with van der Waals surface area (Å²) < 4.78 is 43.9. The minimum absolute atomic E-state index is 0.00452. The number of phenols is 1. The van der Waals surface area contributed by atoms with Crippen LogP contribution >= 0.6 is 0 Å². The number of nitrogens with zero attached hydrogens (tertiary/aromatic N) is 1. The number of rotatable bonds is 6. The van der Waals surface area contributed by atoms with Gasteiger partial charge in [-0.15, -0.1) is 0 Å². The normalized spacial score (nSPS) is 16.0. The molecular formula is C23H22N2O7S. The number of benzene rings is 3. The monoisotopic (exact) mass is 470 g/mol. The summed E-state index contributed by atoms with van der Waals surface area (Å²) in [5.41, 5.74) is 6.33. The van der Waals surface area contributed by atoms with Gasteiger partial charge in [-0.25, -0.2) is 13.2 Å². The molecular weight excluding hydrogens is 448 g/mol. The van der Waals surface area contributed by atoms with E-state index in [0.29, 0.717) is 34.8 Å². The zero-order chi connectivity index (χ0) is 23.6. The van der Waals surface area contributed by atoms with E-state index in [4.69, 9.17) is 19.9 Å². The molecule has 0 spiro atoms. The molecule has 3 aromatic rings. The molecule has 0 fully saturated rings. The van der Waals surface area contributed by atoms with E-state index in [1.165, 1.54) is 42.5 Å². The van der Waals surface area contributed by atoms with Gasteiger partial charge in [-0.05, 0) is 78.7 Å². The van der Waals surface area contributed by atoms with Crippen molar-refractivity contribution in [2.24, 2.45) is 5.73 Å². The Bertz CT molecular complexity index is 1260. The number of sulfonamides is 1. The zero-order valence-corrected chi connectivity index (χ0v) is 18.5. The fourth-order valence-electron chi connectivity index (χ4n) is 3.63. The first kappa shape index (κ1) is 22.4. The third-order valence-electron chi connectivity index (χ3n) is 5.21. The summed E-state index contributed by atoms with van der Waals surface area (Å²) in [4.78, 5) is 11.5. The van der Waals surface area contributed by atoms with Gasteiger partial charge in [-0.2, -0.15) is 4.31 Å². The third kappa shape index (κ3) is 4.71. The van der Waals surface area contributed by atoms with Crippen LogP contribution in [0.2, 0.25) is 0 Å². The van der Waals surface area contributed by atoms with Gasteiger partial charge in [0.25, 0.3) is 0 Å². The van der Waals surface area contributed by atoms with E-state index in [2.05, 4.69) is 0 Å². The molecule has 10 heteroatoms. The Morgan fingerprint density at radius 3 is 2.21 bits per heavy atom. The molecule has 1 aliphatic heterocycles. The molecule has 0 saturated carbocycles. The van der Waals surface area contributed by atoms with Crippen LogP contribution in [0.3, 0.4) is 0 Å². The molecule has 3 aromatic carbocycles. The van der Waals surface area contributed by atoms with Crippen molar-refractivity contribution in [3.05, 3.63) is 77.9 Å². The molecule has 1 amide bonds. The van der Waals surface area contributed by atoms with Crippen LogP contribution in [0.1, 0.15) is 17.4 Å². The number of nitrogens with two attached hydrogens (primary N) is 1. The number of phenolic OH excluding ortho intramolecular Hbond substituents is 1. The molecule has 4 rings (SSSR count).